The van der Waals surface area contributed by atoms with Gasteiger partial charge in [-0.05, 0) is 51.8 Å². The average Bonchev–Trinajstić information content (AvgIpc) is 0.762. The summed E-state index contributed by atoms with van der Waals surface area (Å²) in [5.74, 6) is 0.00991. The summed E-state index contributed by atoms with van der Waals surface area (Å²) in [5.41, 5.74) is 7.27. The minimum absolute atomic E-state index is 0.00991. The predicted octanol–water partition coefficient (Wildman–Crippen LogP) is 25.0. The molecule has 2 N–H and O–H groups in total. The van der Waals surface area contributed by atoms with Crippen molar-refractivity contribution >= 4 is 5.91 Å². The van der Waals surface area contributed by atoms with Gasteiger partial charge in [0, 0.05) is 13.0 Å². The molecule has 0 saturated heterocycles. The van der Waals surface area contributed by atoms with E-state index in [-0.39, 0.29) is 31.8 Å². The molecule has 9 atom stereocenters. The summed E-state index contributed by atoms with van der Waals surface area (Å²) >= 11 is 0. The second-order valence-corrected chi connectivity index (χ2v) is 31.2. The summed E-state index contributed by atoms with van der Waals surface area (Å²) in [6, 6.07) is 71.6. The lowest BCUT2D eigenvalue weighted by atomic mass is 9.81. The summed E-state index contributed by atoms with van der Waals surface area (Å²) < 4.78 is 52.0. The molecule has 1 aliphatic rings. The molecule has 1 saturated carbocycles. The third kappa shape index (κ3) is 37.3. The smallest absolute Gasteiger partial charge is 0.220 e. The van der Waals surface area contributed by atoms with Gasteiger partial charge in [-0.3, -0.25) is 4.79 Å². The van der Waals surface area contributed by atoms with Crippen molar-refractivity contribution in [1.82, 2.24) is 10.6 Å². The second kappa shape index (κ2) is 57.7. The quantitative estimate of drug-likeness (QED) is 0.0361. The molecule has 1 fully saturated rings. The summed E-state index contributed by atoms with van der Waals surface area (Å²) in [7, 11) is 0. The molecular weight excluding hydrogens is 1350 g/mol. The van der Waals surface area contributed by atoms with Crippen LogP contribution in [0.1, 0.15) is 290 Å². The van der Waals surface area contributed by atoms with Gasteiger partial charge in [-0.25, -0.2) is 0 Å². The van der Waals surface area contributed by atoms with Gasteiger partial charge < -0.3 is 43.8 Å². The van der Waals surface area contributed by atoms with E-state index in [2.05, 4.69) is 206 Å². The highest BCUT2D eigenvalue weighted by atomic mass is 16.6. The standard InChI is InChI=1S/C99H142N2O8/c1-3-5-7-9-11-13-15-17-18-19-20-21-22-23-24-25-26-27-29-31-33-35-58-74-92(102)101-90(94(104-77-84-61-45-37-46-62-84)91(103-76-83-59-43-36-44-60-83)73-57-34-32-30-28-16-14-12-10-8-6-4-2)75-100-93-95(105-78-85-63-47-38-48-64-85)97(107-80-87-67-51-40-52-68-87)99(109-82-89-71-55-42-56-72-89)98(108-81-88-69-53-41-54-70-88)96(93)106-79-86-65-49-39-50-66-86/h36-56,59-72,90-91,93-100H,3-35,57-58,73-82H2,1-2H3,(H,101,102)/t90-,91+,93-,94-,95-,96-,97+,98-,99-/m0/s1. The van der Waals surface area contributed by atoms with Gasteiger partial charge in [-0.2, -0.15) is 0 Å². The third-order valence-electron chi connectivity index (χ3n) is 22.1. The molecule has 0 unspecified atom stereocenters. The van der Waals surface area contributed by atoms with Gasteiger partial charge >= 0.3 is 0 Å². The van der Waals surface area contributed by atoms with Crippen LogP contribution in [0.5, 0.6) is 0 Å². The van der Waals surface area contributed by atoms with Gasteiger partial charge in [-0.15, -0.1) is 0 Å². The lowest BCUT2D eigenvalue weighted by Gasteiger charge is -2.50. The molecule has 0 radical (unpaired) electrons. The van der Waals surface area contributed by atoms with Gasteiger partial charge in [0.15, 0.2) is 0 Å². The molecule has 0 heterocycles. The Kier molecular flexibility index (Phi) is 46.7. The van der Waals surface area contributed by atoms with Crippen LogP contribution in [0.3, 0.4) is 0 Å². The Labute approximate surface area is 661 Å². The van der Waals surface area contributed by atoms with Gasteiger partial charge in [0.25, 0.3) is 0 Å². The molecule has 7 aromatic carbocycles. The third-order valence-corrected chi connectivity index (χ3v) is 22.1. The van der Waals surface area contributed by atoms with Crippen molar-refractivity contribution in [2.24, 2.45) is 0 Å². The molecule has 10 heteroatoms. The van der Waals surface area contributed by atoms with Crippen molar-refractivity contribution in [3.8, 4) is 0 Å². The van der Waals surface area contributed by atoms with E-state index >= 15 is 4.79 Å². The SMILES string of the molecule is CCCCCCCCCCCCCCCCCCCCCCCCCC(=O)N[C@@H](CN[C@@H]1[C@H](OCc2ccccc2)[C@H](OCc2ccccc2)[C@@H](OCc2ccccc2)[C@H](OCc2ccccc2)[C@H]1OCc1ccccc1)[C@H](OCc1ccccc1)[C@@H](CCCCCCCCCCCCCC)OCc1ccccc1. The number of carbonyl (C=O) groups is 1. The minimum Gasteiger partial charge on any atom is -0.371 e. The van der Waals surface area contributed by atoms with E-state index < -0.39 is 48.7 Å². The van der Waals surface area contributed by atoms with Crippen LogP contribution in [0.15, 0.2) is 212 Å². The minimum atomic E-state index is -0.702. The first-order chi connectivity index (χ1) is 54.0. The summed E-state index contributed by atoms with van der Waals surface area (Å²) in [5, 5.41) is 7.91. The first kappa shape index (κ1) is 88.3. The van der Waals surface area contributed by atoms with Crippen molar-refractivity contribution < 1.29 is 38.0 Å². The molecule has 596 valence electrons. The summed E-state index contributed by atoms with van der Waals surface area (Å²) in [4.78, 5) is 15.3. The number of benzene rings is 7. The van der Waals surface area contributed by atoms with E-state index in [1.807, 2.05) is 30.3 Å². The Hall–Kier alpha value is -6.31. The van der Waals surface area contributed by atoms with E-state index in [9.17, 15) is 0 Å². The number of unbranched alkanes of at least 4 members (excludes halogenated alkanes) is 33. The number of hydrogen-bond acceptors (Lipinski definition) is 9. The molecule has 1 amide bonds. The Morgan fingerprint density at radius 1 is 0.284 bits per heavy atom. The van der Waals surface area contributed by atoms with Gasteiger partial charge in [0.1, 0.15) is 36.6 Å². The van der Waals surface area contributed by atoms with Gasteiger partial charge in [0.05, 0.1) is 64.4 Å². The van der Waals surface area contributed by atoms with Crippen LogP contribution >= 0.6 is 0 Å². The zero-order valence-corrected chi connectivity index (χ0v) is 67.5. The lowest BCUT2D eigenvalue weighted by Crippen LogP contribution is -2.71. The summed E-state index contributed by atoms with van der Waals surface area (Å²) in [6.07, 6.45) is 42.3. The number of carbonyl (C=O) groups excluding carboxylic acids is 1. The van der Waals surface area contributed by atoms with E-state index in [0.717, 1.165) is 77.5 Å². The molecule has 109 heavy (non-hydrogen) atoms. The molecule has 10 nitrogen and oxygen atoms in total. The zero-order chi connectivity index (χ0) is 75.7. The normalized spacial score (nSPS) is 17.3. The highest BCUT2D eigenvalue weighted by molar-refractivity contribution is 5.76. The van der Waals surface area contributed by atoms with Crippen molar-refractivity contribution in [3.05, 3.63) is 251 Å². The maximum absolute atomic E-state index is 15.3. The highest BCUT2D eigenvalue weighted by Crippen LogP contribution is 2.36. The van der Waals surface area contributed by atoms with Crippen LogP contribution in [0.4, 0.5) is 0 Å². The number of rotatable bonds is 64. The van der Waals surface area contributed by atoms with E-state index in [1.54, 1.807) is 0 Å². The molecular formula is C99H142N2O8. The van der Waals surface area contributed by atoms with Crippen molar-refractivity contribution in [3.63, 3.8) is 0 Å². The second-order valence-electron chi connectivity index (χ2n) is 31.2. The Morgan fingerprint density at radius 3 is 0.817 bits per heavy atom. The number of hydrogen-bond donors (Lipinski definition) is 2. The van der Waals surface area contributed by atoms with Gasteiger partial charge in [-0.1, -0.05) is 444 Å². The fourth-order valence-corrected chi connectivity index (χ4v) is 15.6. The van der Waals surface area contributed by atoms with Crippen LogP contribution < -0.4 is 10.6 Å². The first-order valence-corrected chi connectivity index (χ1v) is 43.7. The topological polar surface area (TPSA) is 106 Å². The fraction of sp³-hybridized carbons (Fsp3) is 0.566. The Morgan fingerprint density at radius 2 is 0.523 bits per heavy atom. The van der Waals surface area contributed by atoms with Crippen LogP contribution in [0.25, 0.3) is 0 Å². The highest BCUT2D eigenvalue weighted by Gasteiger charge is 2.55. The van der Waals surface area contributed by atoms with Crippen molar-refractivity contribution in [2.75, 3.05) is 6.54 Å². The Bertz CT molecular complexity index is 3140. The molecule has 7 aromatic rings. The van der Waals surface area contributed by atoms with Crippen LogP contribution in [-0.2, 0) is 84.2 Å². The molecule has 0 aliphatic heterocycles. The van der Waals surface area contributed by atoms with E-state index in [1.165, 1.54) is 193 Å². The molecule has 0 bridgehead atoms. The van der Waals surface area contributed by atoms with Gasteiger partial charge in [0.2, 0.25) is 5.91 Å². The number of nitrogens with one attached hydrogen (secondary N) is 2. The maximum atomic E-state index is 15.3. The molecule has 8 rings (SSSR count). The van der Waals surface area contributed by atoms with Crippen LogP contribution in [0.2, 0.25) is 0 Å². The largest absolute Gasteiger partial charge is 0.371 e. The monoisotopic (exact) mass is 1490 g/mol. The van der Waals surface area contributed by atoms with Crippen molar-refractivity contribution in [2.45, 2.75) is 352 Å². The van der Waals surface area contributed by atoms with E-state index in [4.69, 9.17) is 33.2 Å². The molecule has 1 aliphatic carbocycles. The van der Waals surface area contributed by atoms with Crippen LogP contribution in [-0.4, -0.2) is 67.3 Å². The van der Waals surface area contributed by atoms with Crippen LogP contribution in [0, 0.1) is 0 Å². The van der Waals surface area contributed by atoms with Crippen molar-refractivity contribution in [1.29, 1.82) is 0 Å². The predicted molar refractivity (Wildman–Crippen MR) is 451 cm³/mol. The first-order valence-electron chi connectivity index (χ1n) is 43.7. The summed E-state index contributed by atoms with van der Waals surface area (Å²) in [6.45, 7) is 7.08. The fourth-order valence-electron chi connectivity index (χ4n) is 15.6. The maximum Gasteiger partial charge on any atom is 0.220 e. The van der Waals surface area contributed by atoms with E-state index in [0.29, 0.717) is 39.5 Å². The zero-order valence-electron chi connectivity index (χ0n) is 67.5. The molecule has 0 spiro atoms. The lowest BCUT2D eigenvalue weighted by molar-refractivity contribution is -0.260. The average molecular weight is 1490 g/mol. The molecule has 0 aromatic heterocycles. The number of amides is 1. The Balaban J connectivity index is 1.06. The number of ether oxygens (including phenoxy) is 7.